The number of halogens is 1. The number of rotatable bonds is 11. The van der Waals surface area contributed by atoms with Gasteiger partial charge in [-0.25, -0.2) is 24.2 Å². The molecule has 17 heteroatoms. The van der Waals surface area contributed by atoms with Gasteiger partial charge in [-0.1, -0.05) is 50.6 Å². The molecule has 0 spiro atoms. The summed E-state index contributed by atoms with van der Waals surface area (Å²) in [5.74, 6) is -1.23. The van der Waals surface area contributed by atoms with Gasteiger partial charge in [0.25, 0.3) is 0 Å². The van der Waals surface area contributed by atoms with Crippen LogP contribution in [0.25, 0.3) is 0 Å². The van der Waals surface area contributed by atoms with Gasteiger partial charge in [0.15, 0.2) is 0 Å². The van der Waals surface area contributed by atoms with Gasteiger partial charge < -0.3 is 29.0 Å². The SMILES string of the molecule is CC(C)(C)OC(=O)NC(=Nc1ccc(C(=O)Oc2ccc(CC(=O)N[C@@H](Cc3ccc(OC(C)(C)C(C)(C)C)cc3)C(=O)OC(C)(C)C)c(Cl)c2)cc1)NC(=O)OC(C)(C)C.O=C=O. The Morgan fingerprint density at radius 1 is 0.672 bits per heavy atom. The van der Waals surface area contributed by atoms with E-state index in [2.05, 4.69) is 41.7 Å². The lowest BCUT2D eigenvalue weighted by Gasteiger charge is -2.39. The molecule has 0 bridgehead atoms. The van der Waals surface area contributed by atoms with Crippen molar-refractivity contribution >= 4 is 59.4 Å². The van der Waals surface area contributed by atoms with Crippen molar-refractivity contribution in [3.05, 3.63) is 88.4 Å². The van der Waals surface area contributed by atoms with E-state index in [1.54, 1.807) is 68.4 Å². The lowest BCUT2D eigenvalue weighted by atomic mass is 9.79. The van der Waals surface area contributed by atoms with Crippen molar-refractivity contribution in [1.82, 2.24) is 16.0 Å². The molecule has 0 unspecified atom stereocenters. The molecule has 0 aromatic heterocycles. The number of benzene rings is 3. The summed E-state index contributed by atoms with van der Waals surface area (Å²) in [5.41, 5.74) is -1.32. The number of hydrogen-bond donors (Lipinski definition) is 3. The van der Waals surface area contributed by atoms with Gasteiger partial charge in [0.1, 0.15) is 39.9 Å². The lowest BCUT2D eigenvalue weighted by Crippen LogP contribution is -2.47. The third kappa shape index (κ3) is 19.9. The number of guanidine groups is 1. The van der Waals surface area contributed by atoms with Crippen molar-refractivity contribution in [3.8, 4) is 11.5 Å². The molecule has 3 aromatic rings. The van der Waals surface area contributed by atoms with Crippen LogP contribution in [-0.2, 0) is 46.2 Å². The Bertz CT molecular complexity index is 2140. The van der Waals surface area contributed by atoms with Gasteiger partial charge in [-0.3, -0.25) is 15.4 Å². The smallest absolute Gasteiger partial charge is 0.414 e. The van der Waals surface area contributed by atoms with Crippen LogP contribution < -0.4 is 25.4 Å². The fourth-order valence-corrected chi connectivity index (χ4v) is 5.19. The van der Waals surface area contributed by atoms with Crippen LogP contribution in [0, 0.1) is 5.41 Å². The number of amides is 3. The molecule has 0 saturated carbocycles. The molecule has 1 atom stereocenters. The highest BCUT2D eigenvalue weighted by Gasteiger charge is 2.35. The maximum absolute atomic E-state index is 13.4. The Labute approximate surface area is 380 Å². The summed E-state index contributed by atoms with van der Waals surface area (Å²) in [4.78, 5) is 85.1. The second-order valence-electron chi connectivity index (χ2n) is 19.0. The van der Waals surface area contributed by atoms with E-state index in [0.717, 1.165) is 5.56 Å². The van der Waals surface area contributed by atoms with Gasteiger partial charge in [0, 0.05) is 16.9 Å². The molecule has 0 aliphatic heterocycles. The molecule has 3 aromatic carbocycles. The maximum Gasteiger partial charge on any atom is 0.414 e. The van der Waals surface area contributed by atoms with E-state index in [4.69, 9.17) is 44.9 Å². The topological polar surface area (TPSA) is 214 Å². The van der Waals surface area contributed by atoms with E-state index in [9.17, 15) is 24.0 Å². The summed E-state index contributed by atoms with van der Waals surface area (Å²) in [7, 11) is 0. The molecule has 3 N–H and O–H groups in total. The average Bonchev–Trinajstić information content (AvgIpc) is 3.11. The van der Waals surface area contributed by atoms with E-state index in [-0.39, 0.29) is 52.4 Å². The first-order valence-electron chi connectivity index (χ1n) is 20.3. The first-order valence-corrected chi connectivity index (χ1v) is 20.7. The number of esters is 2. The van der Waals surface area contributed by atoms with E-state index in [1.165, 1.54) is 36.4 Å². The van der Waals surface area contributed by atoms with Gasteiger partial charge in [-0.15, -0.1) is 0 Å². The molecule has 16 nitrogen and oxygen atoms in total. The number of ether oxygens (including phenoxy) is 5. The molecule has 0 saturated heterocycles. The number of alkyl carbamates (subject to hydrolysis) is 2. The van der Waals surface area contributed by atoms with Crippen molar-refractivity contribution in [2.24, 2.45) is 10.4 Å². The normalized spacial score (nSPS) is 12.1. The number of carbonyl (C=O) groups excluding carboxylic acids is 7. The summed E-state index contributed by atoms with van der Waals surface area (Å²) in [6.07, 6.45) is -1.47. The number of nitrogens with zero attached hydrogens (tertiary/aromatic N) is 1. The fraction of sp³-hybridized carbons (Fsp3) is 0.468. The highest BCUT2D eigenvalue weighted by molar-refractivity contribution is 6.31. The van der Waals surface area contributed by atoms with Gasteiger partial charge in [0.05, 0.1) is 17.7 Å². The van der Waals surface area contributed by atoms with E-state index < -0.39 is 58.5 Å². The van der Waals surface area contributed by atoms with Crippen molar-refractivity contribution in [2.75, 3.05) is 0 Å². The Morgan fingerprint density at radius 3 is 1.61 bits per heavy atom. The zero-order valence-corrected chi connectivity index (χ0v) is 39.8. The molecule has 0 heterocycles. The average molecular weight is 909 g/mol. The van der Waals surface area contributed by atoms with Crippen LogP contribution in [-0.4, -0.2) is 70.6 Å². The summed E-state index contributed by atoms with van der Waals surface area (Å²) < 4.78 is 28.0. The molecule has 64 heavy (non-hydrogen) atoms. The molecule has 3 rings (SSSR count). The van der Waals surface area contributed by atoms with Crippen molar-refractivity contribution in [3.63, 3.8) is 0 Å². The second-order valence-corrected chi connectivity index (χ2v) is 19.4. The number of nitrogens with one attached hydrogen (secondary N) is 3. The fourth-order valence-electron chi connectivity index (χ4n) is 4.95. The van der Waals surface area contributed by atoms with Gasteiger partial charge in [0.2, 0.25) is 11.9 Å². The molecule has 0 aliphatic carbocycles. The van der Waals surface area contributed by atoms with Gasteiger partial charge in [-0.2, -0.15) is 9.59 Å². The summed E-state index contributed by atoms with van der Waals surface area (Å²) in [5, 5.41) is 7.76. The Hall–Kier alpha value is -6.25. The van der Waals surface area contributed by atoms with Crippen molar-refractivity contribution in [1.29, 1.82) is 0 Å². The lowest BCUT2D eigenvalue weighted by molar-refractivity contribution is -0.191. The van der Waals surface area contributed by atoms with Crippen LogP contribution in [0.4, 0.5) is 15.3 Å². The van der Waals surface area contributed by atoms with Crippen molar-refractivity contribution in [2.45, 2.75) is 138 Å². The summed E-state index contributed by atoms with van der Waals surface area (Å²) in [6, 6.07) is 16.7. The predicted molar refractivity (Wildman–Crippen MR) is 239 cm³/mol. The largest absolute Gasteiger partial charge is 0.487 e. The minimum Gasteiger partial charge on any atom is -0.487 e. The van der Waals surface area contributed by atoms with Crippen LogP contribution in [0.2, 0.25) is 5.02 Å². The van der Waals surface area contributed by atoms with Crippen LogP contribution in [0.1, 0.15) is 118 Å². The second kappa shape index (κ2) is 22.4. The molecular formula is C47H61ClN4O12. The van der Waals surface area contributed by atoms with Crippen LogP contribution in [0.3, 0.4) is 0 Å². The summed E-state index contributed by atoms with van der Waals surface area (Å²) in [6.45, 7) is 25.7. The van der Waals surface area contributed by atoms with E-state index >= 15 is 0 Å². The first kappa shape index (κ1) is 53.9. The highest BCUT2D eigenvalue weighted by Crippen LogP contribution is 2.34. The summed E-state index contributed by atoms with van der Waals surface area (Å²) >= 11 is 6.55. The molecule has 0 radical (unpaired) electrons. The van der Waals surface area contributed by atoms with E-state index in [1.807, 2.05) is 38.1 Å². The molecule has 348 valence electrons. The Kier molecular flexibility index (Phi) is 18.9. The van der Waals surface area contributed by atoms with Gasteiger partial charge in [-0.05, 0) is 136 Å². The van der Waals surface area contributed by atoms with Crippen LogP contribution >= 0.6 is 11.6 Å². The zero-order chi connectivity index (χ0) is 48.8. The van der Waals surface area contributed by atoms with Crippen molar-refractivity contribution < 1.29 is 57.2 Å². The Balaban J connectivity index is 0.00000456. The minimum absolute atomic E-state index is 0.112. The molecular weight excluding hydrogens is 848 g/mol. The third-order valence-electron chi connectivity index (χ3n) is 8.74. The minimum atomic E-state index is -0.991. The van der Waals surface area contributed by atoms with E-state index in [0.29, 0.717) is 11.3 Å². The van der Waals surface area contributed by atoms with Crippen LogP contribution in [0.15, 0.2) is 71.7 Å². The standard InChI is InChI=1S/C46H61ClN4O10.CO2/c1-42(2,3)46(13,14)58-32-22-15-28(16-23-32)25-35(38(54)59-43(4,5)6)49-36(52)26-30-19-24-33(27-34(30)47)57-37(53)29-17-20-31(21-18-29)48-39(50-40(55)60-44(7,8)9)51-41(56)61-45(10,11)12;2-1-3/h15-24,27,35H,25-26H2,1-14H3,(H,49,52)(H2,48,50,51,55,56);/t35-;/m0./s1. The predicted octanol–water partition coefficient (Wildman–Crippen LogP) is 8.83. The molecule has 3 amide bonds. The highest BCUT2D eigenvalue weighted by atomic mass is 35.5. The maximum atomic E-state index is 13.4. The zero-order valence-electron chi connectivity index (χ0n) is 39.1. The number of aliphatic imine (C=N–C) groups is 1. The Morgan fingerprint density at radius 2 is 1.16 bits per heavy atom. The monoisotopic (exact) mass is 908 g/mol. The first-order chi connectivity index (χ1) is 29.3. The quantitative estimate of drug-likeness (QED) is 0.0541. The molecule has 0 fully saturated rings. The molecule has 0 aliphatic rings. The van der Waals surface area contributed by atoms with Crippen LogP contribution in [0.5, 0.6) is 11.5 Å². The third-order valence-corrected chi connectivity index (χ3v) is 9.09. The van der Waals surface area contributed by atoms with Gasteiger partial charge >= 0.3 is 30.3 Å². The number of carbonyl (C=O) groups is 5. The number of hydrogen-bond acceptors (Lipinski definition) is 13.